The number of hydrogen-bond donors (Lipinski definition) is 1. The van der Waals surface area contributed by atoms with Crippen molar-refractivity contribution in [1.82, 2.24) is 0 Å². The molecule has 1 N–H and O–H groups in total. The number of aryl methyl sites for hydroxylation is 1. The third kappa shape index (κ3) is 7.52. The fourth-order valence-corrected chi connectivity index (χ4v) is 4.14. The van der Waals surface area contributed by atoms with Gasteiger partial charge in [-0.3, -0.25) is 4.99 Å². The predicted molar refractivity (Wildman–Crippen MR) is 131 cm³/mol. The Hall–Kier alpha value is -1.15. The van der Waals surface area contributed by atoms with Gasteiger partial charge in [0, 0.05) is 17.1 Å². The molecule has 0 heterocycles. The molecule has 1 unspecified atom stereocenters. The fourth-order valence-electron chi connectivity index (χ4n) is 2.83. The maximum absolute atomic E-state index is 10.6. The molecule has 3 rings (SSSR count). The fraction of sp³-hybridized carbons (Fsp3) is 0.208. The zero-order chi connectivity index (χ0) is 22.1. The van der Waals surface area contributed by atoms with E-state index in [0.717, 1.165) is 22.1 Å². The molecule has 0 radical (unpaired) electrons. The molecular formula is C24H26Cl2NOPTi. The van der Waals surface area contributed by atoms with Crippen LogP contribution in [0.2, 0.25) is 0 Å². The molecule has 30 heavy (non-hydrogen) atoms. The summed E-state index contributed by atoms with van der Waals surface area (Å²) in [5, 5.41) is 12.8. The van der Waals surface area contributed by atoms with Gasteiger partial charge in [-0.15, -0.1) is 0 Å². The van der Waals surface area contributed by atoms with Crippen LogP contribution in [0.15, 0.2) is 71.7 Å². The van der Waals surface area contributed by atoms with Gasteiger partial charge in [0.05, 0.1) is 5.69 Å². The van der Waals surface area contributed by atoms with Gasteiger partial charge >= 0.3 is 35.6 Å². The first-order valence-corrected chi connectivity index (χ1v) is 14.8. The first-order valence-electron chi connectivity index (χ1n) is 9.51. The number of aromatic hydroxyl groups is 1. The molecule has 0 fully saturated rings. The molecule has 0 aromatic heterocycles. The normalized spacial score (nSPS) is 11.5. The molecule has 2 nitrogen and oxygen atoms in total. The number of phenols is 1. The van der Waals surface area contributed by atoms with Gasteiger partial charge in [0.1, 0.15) is 5.75 Å². The van der Waals surface area contributed by atoms with Gasteiger partial charge in [-0.05, 0) is 47.0 Å². The molecule has 0 aliphatic rings. The van der Waals surface area contributed by atoms with Crippen molar-refractivity contribution in [3.05, 3.63) is 83.4 Å². The first-order chi connectivity index (χ1) is 14.3. The summed E-state index contributed by atoms with van der Waals surface area (Å²) < 4.78 is 0. The number of halogens is 2. The van der Waals surface area contributed by atoms with E-state index < -0.39 is 17.0 Å². The van der Waals surface area contributed by atoms with Crippen LogP contribution in [0, 0.1) is 6.92 Å². The average Bonchev–Trinajstić information content (AvgIpc) is 2.71. The van der Waals surface area contributed by atoms with E-state index in [2.05, 4.69) is 50.0 Å². The molecule has 0 saturated heterocycles. The van der Waals surface area contributed by atoms with E-state index in [9.17, 15) is 5.11 Å². The molecule has 156 valence electrons. The monoisotopic (exact) mass is 493 g/mol. The Morgan fingerprint density at radius 2 is 1.53 bits per heavy atom. The third-order valence-electron chi connectivity index (χ3n) is 4.51. The van der Waals surface area contributed by atoms with E-state index in [1.807, 2.05) is 55.6 Å². The second-order valence-corrected chi connectivity index (χ2v) is 11.7. The minimum atomic E-state index is -0.556. The molecular weight excluding hydrogens is 468 g/mol. The van der Waals surface area contributed by atoms with Crippen LogP contribution in [0.1, 0.15) is 37.5 Å². The van der Waals surface area contributed by atoms with Crippen LogP contribution in [0.25, 0.3) is 0 Å². The van der Waals surface area contributed by atoms with Crippen LogP contribution >= 0.6 is 27.2 Å². The van der Waals surface area contributed by atoms with E-state index in [-0.39, 0.29) is 5.41 Å². The van der Waals surface area contributed by atoms with Crippen molar-refractivity contribution in [2.75, 3.05) is 0 Å². The SMILES string of the molecule is Cc1cc(C(C)(C)C)cc(Pc2ccccc2C=Nc2ccccc2)c1O.[Cl][Ti][Cl]. The Morgan fingerprint density at radius 3 is 2.17 bits per heavy atom. The van der Waals surface area contributed by atoms with Crippen LogP contribution in [-0.4, -0.2) is 11.3 Å². The van der Waals surface area contributed by atoms with E-state index in [1.54, 1.807) is 0 Å². The second kappa shape index (κ2) is 12.0. The molecule has 0 bridgehead atoms. The summed E-state index contributed by atoms with van der Waals surface area (Å²) in [6.45, 7) is 8.58. The molecule has 1 atom stereocenters. The van der Waals surface area contributed by atoms with Crippen molar-refractivity contribution in [2.24, 2.45) is 4.99 Å². The summed E-state index contributed by atoms with van der Waals surface area (Å²) in [5.74, 6) is 0.399. The van der Waals surface area contributed by atoms with Gasteiger partial charge in [-0.1, -0.05) is 77.9 Å². The molecule has 3 aromatic carbocycles. The first kappa shape index (κ1) is 25.1. The predicted octanol–water partition coefficient (Wildman–Crippen LogP) is 6.75. The minimum absolute atomic E-state index is 0.0476. The Morgan fingerprint density at radius 1 is 0.933 bits per heavy atom. The van der Waals surface area contributed by atoms with Crippen molar-refractivity contribution in [3.8, 4) is 5.75 Å². The Labute approximate surface area is 198 Å². The van der Waals surface area contributed by atoms with Crippen LogP contribution in [0.3, 0.4) is 0 Å². The molecule has 0 amide bonds. The van der Waals surface area contributed by atoms with Gasteiger partial charge in [-0.2, -0.15) is 0 Å². The zero-order valence-electron chi connectivity index (χ0n) is 17.6. The van der Waals surface area contributed by atoms with Crippen molar-refractivity contribution in [3.63, 3.8) is 0 Å². The van der Waals surface area contributed by atoms with Crippen molar-refractivity contribution < 1.29 is 22.1 Å². The van der Waals surface area contributed by atoms with Gasteiger partial charge in [0.15, 0.2) is 0 Å². The van der Waals surface area contributed by atoms with E-state index >= 15 is 0 Å². The number of phenolic OH excluding ortho intramolecular Hbond substituents is 1. The second-order valence-electron chi connectivity index (χ2n) is 7.82. The number of benzene rings is 3. The third-order valence-corrected chi connectivity index (χ3v) is 5.88. The molecule has 6 heteroatoms. The average molecular weight is 494 g/mol. The topological polar surface area (TPSA) is 32.6 Å². The van der Waals surface area contributed by atoms with Crippen molar-refractivity contribution in [1.29, 1.82) is 0 Å². The number of rotatable bonds is 4. The summed E-state index contributed by atoms with van der Waals surface area (Å²) in [6, 6.07) is 22.4. The summed E-state index contributed by atoms with van der Waals surface area (Å²) in [5.41, 5.74) is 4.24. The van der Waals surface area contributed by atoms with Crippen LogP contribution in [0.5, 0.6) is 5.75 Å². The molecule has 0 aliphatic carbocycles. The number of aliphatic imine (C=N–C) groups is 1. The zero-order valence-corrected chi connectivity index (χ0v) is 21.7. The van der Waals surface area contributed by atoms with E-state index in [4.69, 9.17) is 18.6 Å². The molecule has 0 saturated carbocycles. The summed E-state index contributed by atoms with van der Waals surface area (Å²) in [7, 11) is 10.2. The van der Waals surface area contributed by atoms with Gasteiger partial charge in [0.2, 0.25) is 0 Å². The molecule has 3 aromatic rings. The molecule has 0 spiro atoms. The van der Waals surface area contributed by atoms with Crippen LogP contribution < -0.4 is 10.6 Å². The Kier molecular flexibility index (Phi) is 10.1. The number of hydrogen-bond acceptors (Lipinski definition) is 2. The number of para-hydroxylation sites is 1. The summed E-state index contributed by atoms with van der Waals surface area (Å²) in [6.07, 6.45) is 1.91. The van der Waals surface area contributed by atoms with Crippen LogP contribution in [-0.2, 0) is 22.4 Å². The number of nitrogens with zero attached hydrogens (tertiary/aromatic N) is 1. The summed E-state index contributed by atoms with van der Waals surface area (Å²) in [4.78, 5) is 4.59. The van der Waals surface area contributed by atoms with Crippen LogP contribution in [0.4, 0.5) is 5.69 Å². The van der Waals surface area contributed by atoms with Gasteiger partial charge < -0.3 is 5.11 Å². The van der Waals surface area contributed by atoms with E-state index in [1.165, 1.54) is 10.9 Å². The Bertz CT molecular complexity index is 988. The van der Waals surface area contributed by atoms with E-state index in [0.29, 0.717) is 14.3 Å². The maximum atomic E-state index is 10.6. The quantitative estimate of drug-likeness (QED) is 0.243. The Balaban J connectivity index is 0.00000101. The van der Waals surface area contributed by atoms with Crippen molar-refractivity contribution in [2.45, 2.75) is 33.1 Å². The van der Waals surface area contributed by atoms with Crippen molar-refractivity contribution >= 4 is 49.7 Å². The standard InChI is InChI=1S/C24H26NOP.2ClH.Ti/c1-17-14-19(24(2,3)4)15-22(23(17)26)27-21-13-9-8-10-18(21)16-25-20-11-6-5-7-12-20;;;/h5-16,26-27H,1-4H3;2*1H;/q;;;+2/p-2. The van der Waals surface area contributed by atoms with Gasteiger partial charge in [-0.25, -0.2) is 0 Å². The van der Waals surface area contributed by atoms with Gasteiger partial charge in [0.25, 0.3) is 0 Å². The summed E-state index contributed by atoms with van der Waals surface area (Å²) >= 11 is -0.556. The molecule has 0 aliphatic heterocycles.